The number of methoxy groups -OCH3 is 1. The minimum atomic E-state index is 0.511. The number of halogens is 1. The van der Waals surface area contributed by atoms with E-state index in [-0.39, 0.29) is 0 Å². The van der Waals surface area contributed by atoms with E-state index >= 15 is 0 Å². The summed E-state index contributed by atoms with van der Waals surface area (Å²) >= 11 is 5.93. The lowest BCUT2D eigenvalue weighted by Crippen LogP contribution is -2.47. The maximum absolute atomic E-state index is 8.29. The standard InChI is InChI=1S/C13H18ClN3O/c1-16-5-7-17(8-6-16)13(15)11-4-3-10(14)9-12(11)18-2/h3-4,9,15H,5-8H2,1-2H3. The van der Waals surface area contributed by atoms with Crippen molar-refractivity contribution in [2.24, 2.45) is 0 Å². The van der Waals surface area contributed by atoms with Crippen molar-refractivity contribution in [1.29, 1.82) is 5.41 Å². The van der Waals surface area contributed by atoms with Crippen LogP contribution < -0.4 is 4.74 Å². The Labute approximate surface area is 113 Å². The highest BCUT2D eigenvalue weighted by Crippen LogP contribution is 2.24. The van der Waals surface area contributed by atoms with Gasteiger partial charge in [0.25, 0.3) is 0 Å². The molecule has 0 bridgehead atoms. The molecule has 0 aromatic heterocycles. The van der Waals surface area contributed by atoms with Gasteiger partial charge in [-0.3, -0.25) is 5.41 Å². The van der Waals surface area contributed by atoms with Gasteiger partial charge in [0.15, 0.2) is 0 Å². The topological polar surface area (TPSA) is 39.6 Å². The molecule has 0 saturated carbocycles. The highest BCUT2D eigenvalue weighted by Gasteiger charge is 2.20. The van der Waals surface area contributed by atoms with Crippen LogP contribution >= 0.6 is 11.6 Å². The second-order valence-electron chi connectivity index (χ2n) is 4.48. The summed E-state index contributed by atoms with van der Waals surface area (Å²) in [7, 11) is 3.70. The molecule has 2 rings (SSSR count). The van der Waals surface area contributed by atoms with Crippen LogP contribution in [0.3, 0.4) is 0 Å². The number of nitrogens with zero attached hydrogens (tertiary/aromatic N) is 2. The third-order valence-corrected chi connectivity index (χ3v) is 3.47. The molecule has 1 N–H and O–H groups in total. The number of amidine groups is 1. The molecule has 18 heavy (non-hydrogen) atoms. The van der Waals surface area contributed by atoms with Gasteiger partial charge in [-0.1, -0.05) is 11.6 Å². The van der Waals surface area contributed by atoms with Crippen molar-refractivity contribution in [1.82, 2.24) is 9.80 Å². The third-order valence-electron chi connectivity index (χ3n) is 3.24. The van der Waals surface area contributed by atoms with E-state index in [4.69, 9.17) is 21.7 Å². The largest absolute Gasteiger partial charge is 0.496 e. The summed E-state index contributed by atoms with van der Waals surface area (Å²) in [6, 6.07) is 5.40. The molecule has 1 heterocycles. The van der Waals surface area contributed by atoms with Gasteiger partial charge in [0.1, 0.15) is 11.6 Å². The molecule has 0 radical (unpaired) electrons. The first kappa shape index (κ1) is 13.2. The molecule has 1 aromatic rings. The fraction of sp³-hybridized carbons (Fsp3) is 0.462. The summed E-state index contributed by atoms with van der Waals surface area (Å²) in [6.45, 7) is 3.72. The van der Waals surface area contributed by atoms with Crippen LogP contribution in [-0.4, -0.2) is 56.0 Å². The number of rotatable bonds is 2. The number of hydrogen-bond acceptors (Lipinski definition) is 3. The molecule has 0 spiro atoms. The van der Waals surface area contributed by atoms with Gasteiger partial charge in [0.2, 0.25) is 0 Å². The molecule has 4 nitrogen and oxygen atoms in total. The maximum Gasteiger partial charge on any atom is 0.131 e. The summed E-state index contributed by atoms with van der Waals surface area (Å²) in [6.07, 6.45) is 0. The number of likely N-dealkylation sites (N-methyl/N-ethyl adjacent to an activating group) is 1. The summed E-state index contributed by atoms with van der Waals surface area (Å²) in [5.41, 5.74) is 0.798. The van der Waals surface area contributed by atoms with E-state index in [1.54, 1.807) is 19.2 Å². The van der Waals surface area contributed by atoms with Gasteiger partial charge < -0.3 is 14.5 Å². The average Bonchev–Trinajstić information content (AvgIpc) is 2.38. The Bertz CT molecular complexity index is 442. The molecule has 0 unspecified atom stereocenters. The van der Waals surface area contributed by atoms with Gasteiger partial charge in [-0.05, 0) is 25.2 Å². The van der Waals surface area contributed by atoms with E-state index in [0.717, 1.165) is 31.7 Å². The number of benzene rings is 1. The quantitative estimate of drug-likeness (QED) is 0.657. The lowest BCUT2D eigenvalue weighted by Gasteiger charge is -2.34. The van der Waals surface area contributed by atoms with Crippen LogP contribution in [0.15, 0.2) is 18.2 Å². The highest BCUT2D eigenvalue weighted by atomic mass is 35.5. The second kappa shape index (κ2) is 5.59. The average molecular weight is 268 g/mol. The lowest BCUT2D eigenvalue weighted by atomic mass is 10.1. The van der Waals surface area contributed by atoms with Crippen LogP contribution in [-0.2, 0) is 0 Å². The molecule has 1 saturated heterocycles. The van der Waals surface area contributed by atoms with E-state index in [0.29, 0.717) is 16.6 Å². The SMILES string of the molecule is COc1cc(Cl)ccc1C(=N)N1CCN(C)CC1. The van der Waals surface area contributed by atoms with Crippen LogP contribution in [0.25, 0.3) is 0 Å². The Morgan fingerprint density at radius 3 is 2.56 bits per heavy atom. The fourth-order valence-electron chi connectivity index (χ4n) is 2.06. The molecule has 98 valence electrons. The molecule has 0 aliphatic carbocycles. The van der Waals surface area contributed by atoms with Crippen molar-refractivity contribution >= 4 is 17.4 Å². The molecular formula is C13H18ClN3O. The van der Waals surface area contributed by atoms with Crippen LogP contribution in [0.1, 0.15) is 5.56 Å². The van der Waals surface area contributed by atoms with Crippen molar-refractivity contribution < 1.29 is 4.74 Å². The molecular weight excluding hydrogens is 250 g/mol. The first-order valence-electron chi connectivity index (χ1n) is 5.98. The van der Waals surface area contributed by atoms with Crippen LogP contribution in [0.2, 0.25) is 5.02 Å². The number of hydrogen-bond donors (Lipinski definition) is 1. The minimum Gasteiger partial charge on any atom is -0.496 e. The zero-order chi connectivity index (χ0) is 13.1. The lowest BCUT2D eigenvalue weighted by molar-refractivity contribution is 0.215. The first-order chi connectivity index (χ1) is 8.61. The Balaban J connectivity index is 2.18. The molecule has 1 aliphatic heterocycles. The Morgan fingerprint density at radius 1 is 1.28 bits per heavy atom. The van der Waals surface area contributed by atoms with Gasteiger partial charge >= 0.3 is 0 Å². The van der Waals surface area contributed by atoms with Crippen molar-refractivity contribution in [3.8, 4) is 5.75 Å². The monoisotopic (exact) mass is 267 g/mol. The van der Waals surface area contributed by atoms with Gasteiger partial charge in [-0.25, -0.2) is 0 Å². The van der Waals surface area contributed by atoms with Gasteiger partial charge in [0, 0.05) is 31.2 Å². The minimum absolute atomic E-state index is 0.511. The molecule has 1 aromatic carbocycles. The molecule has 0 amide bonds. The maximum atomic E-state index is 8.29. The summed E-state index contributed by atoms with van der Waals surface area (Å²) < 4.78 is 5.30. The van der Waals surface area contributed by atoms with Gasteiger partial charge in [-0.2, -0.15) is 0 Å². The first-order valence-corrected chi connectivity index (χ1v) is 6.35. The van der Waals surface area contributed by atoms with Crippen LogP contribution in [0.5, 0.6) is 5.75 Å². The van der Waals surface area contributed by atoms with E-state index in [1.807, 2.05) is 6.07 Å². The van der Waals surface area contributed by atoms with Crippen LogP contribution in [0.4, 0.5) is 0 Å². The highest BCUT2D eigenvalue weighted by molar-refractivity contribution is 6.30. The predicted octanol–water partition coefficient (Wildman–Crippen LogP) is 1.92. The van der Waals surface area contributed by atoms with E-state index in [2.05, 4.69) is 16.8 Å². The van der Waals surface area contributed by atoms with Crippen molar-refractivity contribution in [3.63, 3.8) is 0 Å². The van der Waals surface area contributed by atoms with Crippen molar-refractivity contribution in [2.45, 2.75) is 0 Å². The predicted molar refractivity (Wildman–Crippen MR) is 73.9 cm³/mol. The molecule has 1 fully saturated rings. The van der Waals surface area contributed by atoms with Crippen LogP contribution in [0, 0.1) is 5.41 Å². The smallest absolute Gasteiger partial charge is 0.131 e. The second-order valence-corrected chi connectivity index (χ2v) is 4.92. The zero-order valence-corrected chi connectivity index (χ0v) is 11.5. The summed E-state index contributed by atoms with van der Waals surface area (Å²) in [4.78, 5) is 4.34. The Kier molecular flexibility index (Phi) is 4.09. The normalized spacial score (nSPS) is 16.7. The zero-order valence-electron chi connectivity index (χ0n) is 10.7. The molecule has 1 aliphatic rings. The summed E-state index contributed by atoms with van der Waals surface area (Å²) in [5, 5.41) is 8.92. The van der Waals surface area contributed by atoms with E-state index < -0.39 is 0 Å². The molecule has 0 atom stereocenters. The number of piperazine rings is 1. The number of nitrogens with one attached hydrogen (secondary N) is 1. The van der Waals surface area contributed by atoms with Gasteiger partial charge in [0.05, 0.1) is 12.7 Å². The summed E-state index contributed by atoms with van der Waals surface area (Å²) in [5.74, 6) is 1.17. The Morgan fingerprint density at radius 2 is 1.94 bits per heavy atom. The van der Waals surface area contributed by atoms with E-state index in [9.17, 15) is 0 Å². The third kappa shape index (κ3) is 2.76. The van der Waals surface area contributed by atoms with E-state index in [1.165, 1.54) is 0 Å². The van der Waals surface area contributed by atoms with Gasteiger partial charge in [-0.15, -0.1) is 0 Å². The molecule has 5 heteroatoms. The number of ether oxygens (including phenoxy) is 1. The van der Waals surface area contributed by atoms with Crippen molar-refractivity contribution in [2.75, 3.05) is 40.3 Å². The Hall–Kier alpha value is -1.26. The van der Waals surface area contributed by atoms with Crippen molar-refractivity contribution in [3.05, 3.63) is 28.8 Å². The fourth-order valence-corrected chi connectivity index (χ4v) is 2.22.